The Morgan fingerprint density at radius 2 is 1.11 bits per heavy atom. The Morgan fingerprint density at radius 1 is 0.500 bits per heavy atom. The Balaban J connectivity index is 1.11. The Labute approximate surface area is 312 Å². The molecule has 0 spiro atoms. The van der Waals surface area contributed by atoms with E-state index in [1.54, 1.807) is 0 Å². The molecule has 0 amide bonds. The smallest absolute Gasteiger partial charge is 0.159 e. The first-order valence-electron chi connectivity index (χ1n) is 18.4. The van der Waals surface area contributed by atoms with Gasteiger partial charge in [0.05, 0.1) is 28.5 Å². The van der Waals surface area contributed by atoms with E-state index in [1.165, 1.54) is 38.6 Å². The van der Waals surface area contributed by atoms with E-state index < -0.39 is 0 Å². The third-order valence-corrected chi connectivity index (χ3v) is 10.8. The molecule has 1 aliphatic carbocycles. The summed E-state index contributed by atoms with van der Waals surface area (Å²) in [4.78, 5) is 5.21. The molecule has 1 atom stereocenters. The molecule has 1 unspecified atom stereocenters. The molecule has 4 nitrogen and oxygen atoms in total. The molecule has 0 fully saturated rings. The van der Waals surface area contributed by atoms with Crippen LogP contribution >= 0.6 is 0 Å². The molecule has 3 heterocycles. The van der Waals surface area contributed by atoms with Gasteiger partial charge in [0.1, 0.15) is 11.4 Å². The molecule has 54 heavy (non-hydrogen) atoms. The molecule has 2 aromatic heterocycles. The minimum Gasteiger partial charge on any atom is -0.454 e. The van der Waals surface area contributed by atoms with Crippen molar-refractivity contribution in [1.29, 1.82) is 0 Å². The predicted molar refractivity (Wildman–Crippen MR) is 224 cm³/mol. The molecule has 0 saturated heterocycles. The summed E-state index contributed by atoms with van der Waals surface area (Å²) in [5.74, 6) is 0.828. The van der Waals surface area contributed by atoms with Gasteiger partial charge in [0.25, 0.3) is 0 Å². The first-order chi connectivity index (χ1) is 26.8. The normalized spacial score (nSPS) is 15.3. The number of amidine groups is 1. The van der Waals surface area contributed by atoms with Crippen LogP contribution in [0.4, 0.5) is 0 Å². The first kappa shape index (κ1) is 30.5. The highest BCUT2D eigenvalue weighted by atomic mass is 16.3. The quantitative estimate of drug-likeness (QED) is 0.195. The van der Waals surface area contributed by atoms with Crippen LogP contribution in [0, 0.1) is 0 Å². The van der Waals surface area contributed by atoms with E-state index in [0.29, 0.717) is 0 Å². The van der Waals surface area contributed by atoms with Gasteiger partial charge in [0, 0.05) is 38.2 Å². The van der Waals surface area contributed by atoms with Crippen molar-refractivity contribution in [2.75, 3.05) is 0 Å². The second kappa shape index (κ2) is 12.2. The molecule has 0 saturated carbocycles. The van der Waals surface area contributed by atoms with Crippen LogP contribution in [0.1, 0.15) is 11.1 Å². The molecular formula is C50H33N3O. The summed E-state index contributed by atoms with van der Waals surface area (Å²) in [6.07, 6.45) is 8.52. The van der Waals surface area contributed by atoms with Crippen LogP contribution in [0.2, 0.25) is 0 Å². The van der Waals surface area contributed by atoms with E-state index in [2.05, 4.69) is 192 Å². The molecule has 0 bridgehead atoms. The van der Waals surface area contributed by atoms with Crippen molar-refractivity contribution in [3.63, 3.8) is 0 Å². The zero-order valence-electron chi connectivity index (χ0n) is 29.3. The number of fused-ring (bicyclic) bond motifs is 7. The van der Waals surface area contributed by atoms with Gasteiger partial charge in [0.15, 0.2) is 5.58 Å². The van der Waals surface area contributed by atoms with E-state index >= 15 is 0 Å². The zero-order valence-corrected chi connectivity index (χ0v) is 29.3. The minimum absolute atomic E-state index is 0.0348. The summed E-state index contributed by atoms with van der Waals surface area (Å²) >= 11 is 0. The SMILES string of the molecule is C1=CC2=C(c3ccccc3)N=C(c3ccc4c(c3)oc3c(-n5c6cc(-c7ccccc7)ccc6c6ccc(-c7ccccc7)cc65)cccc34)NC2C=C1. The van der Waals surface area contributed by atoms with Gasteiger partial charge in [-0.3, -0.25) is 0 Å². The van der Waals surface area contributed by atoms with E-state index in [4.69, 9.17) is 9.41 Å². The zero-order chi connectivity index (χ0) is 35.6. The highest BCUT2D eigenvalue weighted by molar-refractivity contribution is 6.15. The van der Waals surface area contributed by atoms with Crippen LogP contribution in [0.15, 0.2) is 203 Å². The third kappa shape index (κ3) is 4.88. The number of aliphatic imine (C=N–C) groups is 1. The van der Waals surface area contributed by atoms with Crippen molar-refractivity contribution in [2.45, 2.75) is 6.04 Å². The lowest BCUT2D eigenvalue weighted by Crippen LogP contribution is -2.39. The lowest BCUT2D eigenvalue weighted by atomic mass is 9.94. The van der Waals surface area contributed by atoms with E-state index in [0.717, 1.165) is 61.3 Å². The van der Waals surface area contributed by atoms with Crippen molar-refractivity contribution in [3.05, 3.63) is 205 Å². The van der Waals surface area contributed by atoms with E-state index in [9.17, 15) is 0 Å². The van der Waals surface area contributed by atoms with Gasteiger partial charge in [-0.1, -0.05) is 158 Å². The number of benzene rings is 7. The number of nitrogens with one attached hydrogen (secondary N) is 1. The van der Waals surface area contributed by atoms with E-state index in [1.807, 2.05) is 6.07 Å². The first-order valence-corrected chi connectivity index (χ1v) is 18.4. The number of para-hydroxylation sites is 1. The van der Waals surface area contributed by atoms with Crippen molar-refractivity contribution in [2.24, 2.45) is 4.99 Å². The van der Waals surface area contributed by atoms with Gasteiger partial charge in [-0.05, 0) is 52.6 Å². The monoisotopic (exact) mass is 691 g/mol. The van der Waals surface area contributed by atoms with Gasteiger partial charge in [-0.15, -0.1) is 0 Å². The number of allylic oxidation sites excluding steroid dienone is 2. The Bertz CT molecular complexity index is 2960. The molecule has 1 aliphatic heterocycles. The lowest BCUT2D eigenvalue weighted by molar-refractivity contribution is 0.666. The van der Waals surface area contributed by atoms with Crippen molar-refractivity contribution >= 4 is 55.3 Å². The van der Waals surface area contributed by atoms with Crippen LogP contribution in [-0.2, 0) is 0 Å². The fourth-order valence-electron chi connectivity index (χ4n) is 8.23. The minimum atomic E-state index is 0.0348. The number of nitrogens with zero attached hydrogens (tertiary/aromatic N) is 2. The van der Waals surface area contributed by atoms with Gasteiger partial charge in [0.2, 0.25) is 0 Å². The number of hydrogen-bond donors (Lipinski definition) is 1. The maximum absolute atomic E-state index is 6.94. The standard InChI is InChI=1S/C50H33N3O/c1-4-13-32(14-5-1)35-23-26-38-39-27-24-36(33-15-6-2-7-16-33)30-46(39)53(45(38)29-35)44-22-12-20-41-40-28-25-37(31-47(40)54-49(41)44)50-51-43-21-11-10-19-42(43)48(52-50)34-17-8-3-9-18-34/h1-31,43H,(H,51,52). The van der Waals surface area contributed by atoms with Gasteiger partial charge in [-0.2, -0.15) is 0 Å². The molecule has 9 aromatic rings. The predicted octanol–water partition coefficient (Wildman–Crippen LogP) is 12.3. The molecular weight excluding hydrogens is 659 g/mol. The summed E-state index contributed by atoms with van der Waals surface area (Å²) < 4.78 is 9.34. The summed E-state index contributed by atoms with van der Waals surface area (Å²) in [6, 6.07) is 58.3. The second-order valence-electron chi connectivity index (χ2n) is 14.0. The average molecular weight is 692 g/mol. The van der Waals surface area contributed by atoms with Crippen LogP contribution in [0.5, 0.6) is 0 Å². The summed E-state index contributed by atoms with van der Waals surface area (Å²) in [7, 11) is 0. The highest BCUT2D eigenvalue weighted by Gasteiger charge is 2.25. The fraction of sp³-hybridized carbons (Fsp3) is 0.0200. The van der Waals surface area contributed by atoms with E-state index in [-0.39, 0.29) is 6.04 Å². The Morgan fingerprint density at radius 3 is 1.78 bits per heavy atom. The van der Waals surface area contributed by atoms with Gasteiger partial charge >= 0.3 is 0 Å². The highest BCUT2D eigenvalue weighted by Crippen LogP contribution is 2.41. The maximum atomic E-state index is 6.94. The average Bonchev–Trinajstić information content (AvgIpc) is 3.79. The largest absolute Gasteiger partial charge is 0.454 e. The molecule has 254 valence electrons. The van der Waals surface area contributed by atoms with Gasteiger partial charge in [-0.25, -0.2) is 4.99 Å². The molecule has 0 radical (unpaired) electrons. The molecule has 7 aromatic carbocycles. The number of rotatable bonds is 5. The fourth-order valence-corrected chi connectivity index (χ4v) is 8.23. The molecule has 4 heteroatoms. The Hall–Kier alpha value is -7.17. The summed E-state index contributed by atoms with van der Waals surface area (Å²) in [5, 5.41) is 8.25. The molecule has 2 aliphatic rings. The van der Waals surface area contributed by atoms with Crippen LogP contribution in [-0.4, -0.2) is 16.4 Å². The van der Waals surface area contributed by atoms with Gasteiger partial charge < -0.3 is 14.3 Å². The van der Waals surface area contributed by atoms with Crippen LogP contribution in [0.25, 0.3) is 77.4 Å². The second-order valence-corrected chi connectivity index (χ2v) is 14.0. The number of hydrogen-bond acceptors (Lipinski definition) is 3. The third-order valence-electron chi connectivity index (χ3n) is 10.8. The lowest BCUT2D eigenvalue weighted by Gasteiger charge is -2.28. The van der Waals surface area contributed by atoms with Crippen LogP contribution < -0.4 is 5.32 Å². The van der Waals surface area contributed by atoms with Crippen molar-refractivity contribution < 1.29 is 4.42 Å². The van der Waals surface area contributed by atoms with Crippen molar-refractivity contribution in [3.8, 4) is 27.9 Å². The summed E-state index contributed by atoms with van der Waals surface area (Å²) in [6.45, 7) is 0. The van der Waals surface area contributed by atoms with Crippen LogP contribution in [0.3, 0.4) is 0 Å². The topological polar surface area (TPSA) is 42.5 Å². The Kier molecular flexibility index (Phi) is 6.89. The number of furan rings is 1. The number of aromatic nitrogens is 1. The molecule has 1 N–H and O–H groups in total. The molecule has 11 rings (SSSR count). The van der Waals surface area contributed by atoms with Crippen molar-refractivity contribution in [1.82, 2.24) is 9.88 Å². The summed E-state index contributed by atoms with van der Waals surface area (Å²) in [5.41, 5.74) is 13.9. The maximum Gasteiger partial charge on any atom is 0.159 e.